The summed E-state index contributed by atoms with van der Waals surface area (Å²) in [6.45, 7) is 0. The summed E-state index contributed by atoms with van der Waals surface area (Å²) in [5.41, 5.74) is 3.03. The van der Waals surface area contributed by atoms with Crippen molar-refractivity contribution in [2.75, 3.05) is 0 Å². The number of piperidine rings is 1. The van der Waals surface area contributed by atoms with E-state index in [1.165, 1.54) is 11.3 Å². The highest BCUT2D eigenvalue weighted by Crippen LogP contribution is 2.40. The van der Waals surface area contributed by atoms with Crippen LogP contribution in [-0.2, 0) is 11.8 Å². The van der Waals surface area contributed by atoms with Crippen LogP contribution in [-0.4, -0.2) is 43.3 Å². The minimum Gasteiger partial charge on any atom is -0.345 e. The zero-order valence-corrected chi connectivity index (χ0v) is 14.2. The summed E-state index contributed by atoms with van der Waals surface area (Å²) in [4.78, 5) is 35.2. The van der Waals surface area contributed by atoms with Crippen LogP contribution in [0.15, 0.2) is 23.4 Å². The predicted molar refractivity (Wildman–Crippen MR) is 88.4 cm³/mol. The van der Waals surface area contributed by atoms with Gasteiger partial charge in [0.2, 0.25) is 5.91 Å². The van der Waals surface area contributed by atoms with Gasteiger partial charge >= 0.3 is 0 Å². The van der Waals surface area contributed by atoms with Gasteiger partial charge in [-0.15, -0.1) is 11.3 Å². The average Bonchev–Trinajstić information content (AvgIpc) is 3.07. The normalized spacial score (nSPS) is 24.2. The molecule has 24 heavy (non-hydrogen) atoms. The van der Waals surface area contributed by atoms with E-state index < -0.39 is 0 Å². The van der Waals surface area contributed by atoms with Crippen molar-refractivity contribution >= 4 is 23.2 Å². The number of imidazole rings is 1. The van der Waals surface area contributed by atoms with Gasteiger partial charge in [0, 0.05) is 24.9 Å². The minimum atomic E-state index is -0.182. The molecule has 1 saturated carbocycles. The number of likely N-dealkylation sites (tertiary alicyclic amines) is 1. The van der Waals surface area contributed by atoms with E-state index in [1.807, 2.05) is 16.5 Å². The third-order valence-corrected chi connectivity index (χ3v) is 5.30. The van der Waals surface area contributed by atoms with E-state index in [2.05, 4.69) is 15.3 Å². The van der Waals surface area contributed by atoms with Crippen LogP contribution < -0.4 is 5.32 Å². The van der Waals surface area contributed by atoms with E-state index in [9.17, 15) is 9.59 Å². The molecule has 1 N–H and O–H groups in total. The summed E-state index contributed by atoms with van der Waals surface area (Å²) < 4.78 is 1.93. The molecule has 2 fully saturated rings. The predicted octanol–water partition coefficient (Wildman–Crippen LogP) is 1.50. The highest BCUT2D eigenvalue weighted by Gasteiger charge is 2.45. The van der Waals surface area contributed by atoms with Gasteiger partial charge in [-0.05, 0) is 19.3 Å². The van der Waals surface area contributed by atoms with Crippen LogP contribution in [0.2, 0.25) is 0 Å². The topological polar surface area (TPSA) is 80.1 Å². The molecule has 0 aromatic carbocycles. The van der Waals surface area contributed by atoms with E-state index >= 15 is 0 Å². The van der Waals surface area contributed by atoms with Crippen LogP contribution in [0, 0.1) is 0 Å². The second-order valence-electron chi connectivity index (χ2n) is 6.40. The molecule has 2 atom stereocenters. The summed E-state index contributed by atoms with van der Waals surface area (Å²) in [5, 5.41) is 4.83. The fourth-order valence-corrected chi connectivity index (χ4v) is 3.95. The number of aryl methyl sites for hydroxylation is 1. The van der Waals surface area contributed by atoms with Crippen LogP contribution in [0.25, 0.3) is 0 Å². The van der Waals surface area contributed by atoms with Crippen molar-refractivity contribution in [2.24, 2.45) is 7.05 Å². The minimum absolute atomic E-state index is 0.132. The smallest absolute Gasteiger partial charge is 0.271 e. The first-order chi connectivity index (χ1) is 11.6. The van der Waals surface area contributed by atoms with E-state index in [-0.39, 0.29) is 29.9 Å². The number of carbonyl (C=O) groups is 2. The maximum absolute atomic E-state index is 12.5. The van der Waals surface area contributed by atoms with Gasteiger partial charge in [0.05, 0.1) is 35.8 Å². The monoisotopic (exact) mass is 345 g/mol. The highest BCUT2D eigenvalue weighted by atomic mass is 32.1. The molecule has 3 heterocycles. The second-order valence-corrected chi connectivity index (χ2v) is 7.12. The molecule has 0 bridgehead atoms. The number of aromatic nitrogens is 3. The molecule has 2 aromatic heterocycles. The van der Waals surface area contributed by atoms with Crippen molar-refractivity contribution in [2.45, 2.75) is 43.8 Å². The summed E-state index contributed by atoms with van der Waals surface area (Å²) in [7, 11) is 1.92. The number of thiazole rings is 1. The molecule has 7 nitrogen and oxygen atoms in total. The Balaban J connectivity index is 1.64. The van der Waals surface area contributed by atoms with Crippen molar-refractivity contribution < 1.29 is 9.59 Å². The van der Waals surface area contributed by atoms with Crippen LogP contribution in [0.1, 0.15) is 47.9 Å². The molecule has 1 aliphatic carbocycles. The first kappa shape index (κ1) is 15.3. The lowest BCUT2D eigenvalue weighted by Gasteiger charge is -2.41. The van der Waals surface area contributed by atoms with Crippen molar-refractivity contribution in [1.29, 1.82) is 0 Å². The number of carbonyl (C=O) groups excluding carboxylic acids is 2. The molecule has 0 unspecified atom stereocenters. The molecule has 4 rings (SSSR count). The largest absolute Gasteiger partial charge is 0.345 e. The van der Waals surface area contributed by atoms with E-state index in [0.717, 1.165) is 18.5 Å². The zero-order valence-electron chi connectivity index (χ0n) is 13.4. The zero-order chi connectivity index (χ0) is 16.7. The third kappa shape index (κ3) is 2.71. The fraction of sp³-hybridized carbons (Fsp3) is 0.500. The Morgan fingerprint density at radius 2 is 2.21 bits per heavy atom. The van der Waals surface area contributed by atoms with Gasteiger partial charge in [0.1, 0.15) is 5.69 Å². The SMILES string of the molecule is Cn1cncc1[C@H]1[C@H](NC(=O)c2cscn2)CCC(=O)N1C1CC1. The first-order valence-electron chi connectivity index (χ1n) is 8.11. The molecule has 2 amide bonds. The summed E-state index contributed by atoms with van der Waals surface area (Å²) >= 11 is 1.40. The molecular weight excluding hydrogens is 326 g/mol. The van der Waals surface area contributed by atoms with Gasteiger partial charge in [-0.25, -0.2) is 9.97 Å². The van der Waals surface area contributed by atoms with E-state index in [1.54, 1.807) is 23.4 Å². The number of amides is 2. The summed E-state index contributed by atoms with van der Waals surface area (Å²) in [6, 6.07) is -0.0156. The fourth-order valence-electron chi connectivity index (χ4n) is 3.42. The Hall–Kier alpha value is -2.22. The number of rotatable bonds is 4. The second kappa shape index (κ2) is 6.01. The molecule has 0 spiro atoms. The molecular formula is C16H19N5O2S. The molecule has 126 valence electrons. The van der Waals surface area contributed by atoms with Crippen LogP contribution in [0.5, 0.6) is 0 Å². The summed E-state index contributed by atoms with van der Waals surface area (Å²) in [5.74, 6) is -0.0126. The van der Waals surface area contributed by atoms with E-state index in [4.69, 9.17) is 0 Å². The van der Waals surface area contributed by atoms with Gasteiger partial charge < -0.3 is 14.8 Å². The molecule has 2 aromatic rings. The number of hydrogen-bond donors (Lipinski definition) is 1. The van der Waals surface area contributed by atoms with Crippen molar-refractivity contribution in [1.82, 2.24) is 24.8 Å². The Bertz CT molecular complexity index is 752. The van der Waals surface area contributed by atoms with Gasteiger partial charge in [-0.2, -0.15) is 0 Å². The van der Waals surface area contributed by atoms with Crippen molar-refractivity contribution in [3.8, 4) is 0 Å². The lowest BCUT2D eigenvalue weighted by Crippen LogP contribution is -2.53. The summed E-state index contributed by atoms with van der Waals surface area (Å²) in [6.07, 6.45) is 6.69. The standard InChI is InChI=1S/C16H19N5O2S/c1-20-8-17-6-13(20)15-11(19-16(23)12-7-24-9-18-12)4-5-14(22)21(15)10-2-3-10/h6-11,15H,2-5H2,1H3,(H,19,23)/t11-,15-/m1/s1. The van der Waals surface area contributed by atoms with Crippen molar-refractivity contribution in [3.05, 3.63) is 34.8 Å². The van der Waals surface area contributed by atoms with Crippen molar-refractivity contribution in [3.63, 3.8) is 0 Å². The molecule has 1 saturated heterocycles. The first-order valence-corrected chi connectivity index (χ1v) is 9.06. The third-order valence-electron chi connectivity index (χ3n) is 4.72. The Labute approximate surface area is 143 Å². The highest BCUT2D eigenvalue weighted by molar-refractivity contribution is 7.07. The maximum Gasteiger partial charge on any atom is 0.271 e. The number of hydrogen-bond acceptors (Lipinski definition) is 5. The Morgan fingerprint density at radius 1 is 1.38 bits per heavy atom. The molecule has 2 aliphatic rings. The van der Waals surface area contributed by atoms with Crippen LogP contribution in [0.4, 0.5) is 0 Å². The van der Waals surface area contributed by atoms with Gasteiger partial charge in [-0.3, -0.25) is 9.59 Å². The van der Waals surface area contributed by atoms with Gasteiger partial charge in [-0.1, -0.05) is 0 Å². The molecule has 8 heteroatoms. The Kier molecular flexibility index (Phi) is 3.84. The maximum atomic E-state index is 12.5. The number of nitrogens with one attached hydrogen (secondary N) is 1. The van der Waals surface area contributed by atoms with Gasteiger partial charge in [0.25, 0.3) is 5.91 Å². The lowest BCUT2D eigenvalue weighted by atomic mass is 9.92. The Morgan fingerprint density at radius 3 is 2.83 bits per heavy atom. The van der Waals surface area contributed by atoms with Crippen LogP contribution >= 0.6 is 11.3 Å². The quantitative estimate of drug-likeness (QED) is 0.911. The molecule has 0 radical (unpaired) electrons. The lowest BCUT2D eigenvalue weighted by molar-refractivity contribution is -0.138. The average molecular weight is 345 g/mol. The van der Waals surface area contributed by atoms with Crippen LogP contribution in [0.3, 0.4) is 0 Å². The molecule has 1 aliphatic heterocycles. The van der Waals surface area contributed by atoms with E-state index in [0.29, 0.717) is 18.5 Å². The number of nitrogens with zero attached hydrogens (tertiary/aromatic N) is 4. The van der Waals surface area contributed by atoms with Gasteiger partial charge in [0.15, 0.2) is 0 Å².